The van der Waals surface area contributed by atoms with Crippen molar-refractivity contribution in [3.05, 3.63) is 0 Å². The van der Waals surface area contributed by atoms with Gasteiger partial charge in [-0.1, -0.05) is 13.8 Å². The highest BCUT2D eigenvalue weighted by Crippen LogP contribution is 2.29. The molecule has 0 bridgehead atoms. The lowest BCUT2D eigenvalue weighted by molar-refractivity contribution is 0.808. The van der Waals surface area contributed by atoms with E-state index in [9.17, 15) is 0 Å². The van der Waals surface area contributed by atoms with E-state index >= 15 is 0 Å². The predicted octanol–water partition coefficient (Wildman–Crippen LogP) is 2.00. The molecule has 0 saturated heterocycles. The molecule has 0 amide bonds. The molecule has 1 aliphatic carbocycles. The van der Waals surface area contributed by atoms with E-state index < -0.39 is 0 Å². The molecule has 0 atom stereocenters. The molecule has 0 aromatic rings. The molecule has 1 fully saturated rings. The van der Waals surface area contributed by atoms with Crippen molar-refractivity contribution < 1.29 is 0 Å². The van der Waals surface area contributed by atoms with Gasteiger partial charge in [0.15, 0.2) is 5.29 Å². The number of hydrogen-bond acceptors (Lipinski definition) is 1. The lowest BCUT2D eigenvalue weighted by atomic mass is 10.2. The van der Waals surface area contributed by atoms with Crippen LogP contribution in [0.25, 0.3) is 0 Å². The quantitative estimate of drug-likeness (QED) is 0.424. The van der Waals surface area contributed by atoms with E-state index in [-0.39, 0.29) is 11.2 Å². The van der Waals surface area contributed by atoms with Crippen molar-refractivity contribution in [1.82, 2.24) is 0 Å². The first-order valence-corrected chi connectivity index (χ1v) is 5.01. The summed E-state index contributed by atoms with van der Waals surface area (Å²) in [4.78, 5) is 8.38. The Morgan fingerprint density at radius 2 is 2.15 bits per heavy atom. The average molecular weight is 202 g/mol. The first kappa shape index (κ1) is 10.5. The second-order valence-electron chi connectivity index (χ2n) is 3.73. The van der Waals surface area contributed by atoms with Crippen LogP contribution >= 0.6 is 11.6 Å². The topological polar surface area (TPSA) is 50.7 Å². The van der Waals surface area contributed by atoms with E-state index in [1.807, 2.05) is 13.8 Å². The molecular formula is C9H16ClN3. The first-order valence-electron chi connectivity index (χ1n) is 4.63. The minimum absolute atomic E-state index is 0.0725. The molecule has 0 aromatic heterocycles. The summed E-state index contributed by atoms with van der Waals surface area (Å²) in [7, 11) is 0. The lowest BCUT2D eigenvalue weighted by Gasteiger charge is -2.04. The van der Waals surface area contributed by atoms with Crippen molar-refractivity contribution in [3.63, 3.8) is 0 Å². The molecule has 0 heterocycles. The van der Waals surface area contributed by atoms with Crippen LogP contribution in [0.15, 0.2) is 9.98 Å². The maximum atomic E-state index is 5.49. The molecule has 4 heteroatoms. The highest BCUT2D eigenvalue weighted by molar-refractivity contribution is 6.65. The fourth-order valence-corrected chi connectivity index (χ4v) is 1.07. The van der Waals surface area contributed by atoms with Gasteiger partial charge in [-0.3, -0.25) is 4.99 Å². The Bertz CT molecular complexity index is 225. The van der Waals surface area contributed by atoms with Crippen molar-refractivity contribution in [2.24, 2.45) is 27.6 Å². The van der Waals surface area contributed by atoms with Crippen LogP contribution in [0.5, 0.6) is 0 Å². The van der Waals surface area contributed by atoms with Gasteiger partial charge in [-0.25, -0.2) is 4.99 Å². The molecule has 0 radical (unpaired) electrons. The molecule has 0 aromatic carbocycles. The van der Waals surface area contributed by atoms with Gasteiger partial charge in [0.05, 0.1) is 0 Å². The van der Waals surface area contributed by atoms with Crippen LogP contribution in [-0.4, -0.2) is 17.7 Å². The van der Waals surface area contributed by atoms with E-state index in [4.69, 9.17) is 17.3 Å². The van der Waals surface area contributed by atoms with Gasteiger partial charge in [-0.05, 0) is 30.4 Å². The summed E-state index contributed by atoms with van der Waals surface area (Å²) in [6, 6.07) is 0. The Labute approximate surface area is 84.1 Å². The summed E-state index contributed by atoms with van der Waals surface area (Å²) in [6.07, 6.45) is 2.60. The highest BCUT2D eigenvalue weighted by Gasteiger charge is 2.20. The van der Waals surface area contributed by atoms with Gasteiger partial charge in [-0.2, -0.15) is 0 Å². The van der Waals surface area contributed by atoms with E-state index in [0.717, 1.165) is 18.3 Å². The van der Waals surface area contributed by atoms with Crippen molar-refractivity contribution in [1.29, 1.82) is 0 Å². The zero-order chi connectivity index (χ0) is 9.84. The molecule has 0 spiro atoms. The fraction of sp³-hybridized carbons (Fsp3) is 0.778. The van der Waals surface area contributed by atoms with Crippen molar-refractivity contribution in [3.8, 4) is 0 Å². The number of aliphatic imine (C=N–C) groups is 2. The molecule has 13 heavy (non-hydrogen) atoms. The number of amidine groups is 2. The van der Waals surface area contributed by atoms with Crippen LogP contribution in [0, 0.1) is 11.8 Å². The third-order valence-corrected chi connectivity index (χ3v) is 2.03. The molecular weight excluding hydrogens is 186 g/mol. The second kappa shape index (κ2) is 4.61. The first-order chi connectivity index (χ1) is 6.09. The van der Waals surface area contributed by atoms with Gasteiger partial charge in [0.2, 0.25) is 0 Å². The zero-order valence-electron chi connectivity index (χ0n) is 8.13. The minimum Gasteiger partial charge on any atom is -0.374 e. The fourth-order valence-electron chi connectivity index (χ4n) is 0.980. The largest absolute Gasteiger partial charge is 0.374 e. The van der Waals surface area contributed by atoms with Crippen LogP contribution in [0.4, 0.5) is 0 Å². The van der Waals surface area contributed by atoms with Crippen LogP contribution in [0.2, 0.25) is 0 Å². The van der Waals surface area contributed by atoms with Gasteiger partial charge >= 0.3 is 0 Å². The van der Waals surface area contributed by atoms with Gasteiger partial charge in [0.1, 0.15) is 5.84 Å². The standard InChI is InChI=1S/C9H16ClN3/c1-6(2)8(13-9(10)11)12-5-7-3-4-7/h6-7H,3-5H2,1-2H3,(H2,11,12,13). The van der Waals surface area contributed by atoms with Gasteiger partial charge in [0.25, 0.3) is 0 Å². The summed E-state index contributed by atoms with van der Waals surface area (Å²) >= 11 is 5.49. The third-order valence-electron chi connectivity index (χ3n) is 1.95. The van der Waals surface area contributed by atoms with Gasteiger partial charge < -0.3 is 5.73 Å². The lowest BCUT2D eigenvalue weighted by Crippen LogP contribution is -2.12. The summed E-state index contributed by atoms with van der Waals surface area (Å²) in [5, 5.41) is 0.0725. The molecule has 2 N–H and O–H groups in total. The zero-order valence-corrected chi connectivity index (χ0v) is 8.88. The van der Waals surface area contributed by atoms with E-state index in [1.165, 1.54) is 12.8 Å². The van der Waals surface area contributed by atoms with Gasteiger partial charge in [-0.15, -0.1) is 0 Å². The maximum absolute atomic E-state index is 5.49. The molecule has 1 saturated carbocycles. The molecule has 0 aliphatic heterocycles. The number of nitrogens with two attached hydrogens (primary N) is 1. The van der Waals surface area contributed by atoms with Crippen molar-refractivity contribution in [2.45, 2.75) is 26.7 Å². The molecule has 1 aliphatic rings. The molecule has 3 nitrogen and oxygen atoms in total. The van der Waals surface area contributed by atoms with E-state index in [2.05, 4.69) is 9.98 Å². The van der Waals surface area contributed by atoms with Crippen molar-refractivity contribution >= 4 is 22.7 Å². The SMILES string of the molecule is CC(C)C(N=C(N)Cl)=NCC1CC1. The number of halogens is 1. The summed E-state index contributed by atoms with van der Waals surface area (Å²) < 4.78 is 0. The summed E-state index contributed by atoms with van der Waals surface area (Å²) in [5.74, 6) is 1.83. The maximum Gasteiger partial charge on any atom is 0.194 e. The normalized spacial score (nSPS) is 19.7. The van der Waals surface area contributed by atoms with Crippen molar-refractivity contribution in [2.75, 3.05) is 6.54 Å². The minimum atomic E-state index is 0.0725. The van der Waals surface area contributed by atoms with Gasteiger partial charge in [0, 0.05) is 12.5 Å². The Balaban J connectivity index is 2.54. The van der Waals surface area contributed by atoms with Crippen LogP contribution < -0.4 is 5.73 Å². The summed E-state index contributed by atoms with van der Waals surface area (Å²) in [5.41, 5.74) is 5.29. The average Bonchev–Trinajstić information content (AvgIpc) is 2.79. The molecule has 74 valence electrons. The Morgan fingerprint density at radius 1 is 1.54 bits per heavy atom. The monoisotopic (exact) mass is 201 g/mol. The number of nitrogens with zero attached hydrogens (tertiary/aromatic N) is 2. The summed E-state index contributed by atoms with van der Waals surface area (Å²) in [6.45, 7) is 4.95. The highest BCUT2D eigenvalue weighted by atomic mass is 35.5. The smallest absolute Gasteiger partial charge is 0.194 e. The van der Waals surface area contributed by atoms with E-state index in [0.29, 0.717) is 0 Å². The van der Waals surface area contributed by atoms with Crippen LogP contribution in [-0.2, 0) is 0 Å². The Hall–Kier alpha value is -0.570. The predicted molar refractivity (Wildman–Crippen MR) is 57.3 cm³/mol. The van der Waals surface area contributed by atoms with Crippen LogP contribution in [0.1, 0.15) is 26.7 Å². The van der Waals surface area contributed by atoms with Crippen LogP contribution in [0.3, 0.4) is 0 Å². The third kappa shape index (κ3) is 4.27. The molecule has 0 unspecified atom stereocenters. The number of rotatable bonds is 3. The number of hydrogen-bond donors (Lipinski definition) is 1. The van der Waals surface area contributed by atoms with E-state index in [1.54, 1.807) is 0 Å². The second-order valence-corrected chi connectivity index (χ2v) is 4.12. The Morgan fingerprint density at radius 3 is 2.54 bits per heavy atom. The molecule has 1 rings (SSSR count). The Kier molecular flexibility index (Phi) is 3.72.